The molecule has 0 unspecified atom stereocenters. The van der Waals surface area contributed by atoms with E-state index < -0.39 is 0 Å². The lowest BCUT2D eigenvalue weighted by Gasteiger charge is -2.21. The van der Waals surface area contributed by atoms with E-state index in [2.05, 4.69) is 47.4 Å². The Balaban J connectivity index is 1.48. The SMILES string of the molecule is c1ccc(-c2cccc(-c3ccc4c(c3)Oc3cccc5cccc-4c35)n2)nc1. The van der Waals surface area contributed by atoms with E-state index in [4.69, 9.17) is 9.72 Å². The number of pyridine rings is 2. The van der Waals surface area contributed by atoms with Crippen LogP contribution in [0.25, 0.3) is 44.5 Å². The third kappa shape index (κ3) is 2.59. The van der Waals surface area contributed by atoms with Gasteiger partial charge in [0.05, 0.1) is 17.1 Å². The molecule has 0 bridgehead atoms. The summed E-state index contributed by atoms with van der Waals surface area (Å²) in [5.41, 5.74) is 5.96. The Morgan fingerprint density at radius 2 is 1.41 bits per heavy atom. The first-order valence-electron chi connectivity index (χ1n) is 9.60. The second-order valence-corrected chi connectivity index (χ2v) is 7.10. The van der Waals surface area contributed by atoms with Gasteiger partial charge in [0, 0.05) is 22.7 Å². The number of ether oxygens (including phenoxy) is 1. The van der Waals surface area contributed by atoms with E-state index in [9.17, 15) is 0 Å². The third-order valence-electron chi connectivity index (χ3n) is 5.33. The summed E-state index contributed by atoms with van der Waals surface area (Å²) in [5.74, 6) is 1.76. The molecule has 0 radical (unpaired) electrons. The van der Waals surface area contributed by atoms with Gasteiger partial charge in [-0.15, -0.1) is 0 Å². The number of rotatable bonds is 2. The van der Waals surface area contributed by atoms with Gasteiger partial charge < -0.3 is 4.74 Å². The lowest BCUT2D eigenvalue weighted by Crippen LogP contribution is -1.97. The van der Waals surface area contributed by atoms with Crippen LogP contribution in [0.4, 0.5) is 0 Å². The monoisotopic (exact) mass is 372 g/mol. The molecule has 5 aromatic rings. The quantitative estimate of drug-likeness (QED) is 0.338. The molecule has 136 valence electrons. The van der Waals surface area contributed by atoms with Crippen LogP contribution in [0.2, 0.25) is 0 Å². The Hall–Kier alpha value is -3.98. The van der Waals surface area contributed by atoms with Gasteiger partial charge in [0.1, 0.15) is 11.5 Å². The van der Waals surface area contributed by atoms with E-state index in [0.717, 1.165) is 39.7 Å². The molecule has 29 heavy (non-hydrogen) atoms. The van der Waals surface area contributed by atoms with Crippen molar-refractivity contribution in [2.75, 3.05) is 0 Å². The summed E-state index contributed by atoms with van der Waals surface area (Å²) < 4.78 is 6.29. The van der Waals surface area contributed by atoms with Crippen molar-refractivity contribution in [3.63, 3.8) is 0 Å². The molecular weight excluding hydrogens is 356 g/mol. The molecule has 3 aromatic carbocycles. The maximum Gasteiger partial charge on any atom is 0.135 e. The van der Waals surface area contributed by atoms with Crippen molar-refractivity contribution < 1.29 is 4.74 Å². The predicted octanol–water partition coefficient (Wildman–Crippen LogP) is 6.74. The van der Waals surface area contributed by atoms with Gasteiger partial charge >= 0.3 is 0 Å². The highest BCUT2D eigenvalue weighted by Gasteiger charge is 2.20. The van der Waals surface area contributed by atoms with Gasteiger partial charge in [0.25, 0.3) is 0 Å². The Morgan fingerprint density at radius 1 is 0.586 bits per heavy atom. The molecular formula is C26H16N2O. The second-order valence-electron chi connectivity index (χ2n) is 7.10. The first-order chi connectivity index (χ1) is 14.4. The molecule has 3 nitrogen and oxygen atoms in total. The average molecular weight is 372 g/mol. The van der Waals surface area contributed by atoms with Gasteiger partial charge in [-0.2, -0.15) is 0 Å². The van der Waals surface area contributed by atoms with Crippen LogP contribution in [0.1, 0.15) is 0 Å². The van der Waals surface area contributed by atoms with Gasteiger partial charge in [0.2, 0.25) is 0 Å². The van der Waals surface area contributed by atoms with Crippen molar-refractivity contribution in [1.29, 1.82) is 0 Å². The molecule has 0 aliphatic carbocycles. The van der Waals surface area contributed by atoms with Crippen molar-refractivity contribution in [2.45, 2.75) is 0 Å². The van der Waals surface area contributed by atoms with E-state index in [-0.39, 0.29) is 0 Å². The van der Waals surface area contributed by atoms with Crippen molar-refractivity contribution >= 4 is 10.8 Å². The van der Waals surface area contributed by atoms with Gasteiger partial charge in [-0.05, 0) is 53.4 Å². The molecule has 0 saturated carbocycles. The highest BCUT2D eigenvalue weighted by molar-refractivity contribution is 6.04. The summed E-state index contributed by atoms with van der Waals surface area (Å²) in [7, 11) is 0. The molecule has 1 aliphatic rings. The van der Waals surface area contributed by atoms with Crippen LogP contribution in [0.15, 0.2) is 97.2 Å². The Morgan fingerprint density at radius 3 is 2.31 bits per heavy atom. The first kappa shape index (κ1) is 16.0. The van der Waals surface area contributed by atoms with Crippen molar-refractivity contribution in [2.24, 2.45) is 0 Å². The summed E-state index contributed by atoms with van der Waals surface area (Å²) >= 11 is 0. The van der Waals surface area contributed by atoms with Gasteiger partial charge in [-0.3, -0.25) is 4.98 Å². The molecule has 1 aliphatic heterocycles. The molecule has 3 heterocycles. The van der Waals surface area contributed by atoms with Crippen LogP contribution in [-0.4, -0.2) is 9.97 Å². The number of hydrogen-bond acceptors (Lipinski definition) is 3. The van der Waals surface area contributed by atoms with Crippen molar-refractivity contribution in [3.8, 4) is 45.3 Å². The maximum absolute atomic E-state index is 6.29. The summed E-state index contributed by atoms with van der Waals surface area (Å²) in [6, 6.07) is 30.8. The number of hydrogen-bond donors (Lipinski definition) is 0. The predicted molar refractivity (Wildman–Crippen MR) is 116 cm³/mol. The van der Waals surface area contributed by atoms with Crippen molar-refractivity contribution in [3.05, 3.63) is 97.2 Å². The minimum Gasteiger partial charge on any atom is -0.456 e. The second kappa shape index (κ2) is 6.28. The van der Waals surface area contributed by atoms with Crippen LogP contribution in [0.3, 0.4) is 0 Å². The zero-order valence-corrected chi connectivity index (χ0v) is 15.5. The molecule has 0 atom stereocenters. The normalized spacial score (nSPS) is 11.7. The lowest BCUT2D eigenvalue weighted by molar-refractivity contribution is 0.487. The van der Waals surface area contributed by atoms with E-state index in [1.807, 2.05) is 48.5 Å². The zero-order chi connectivity index (χ0) is 19.2. The third-order valence-corrected chi connectivity index (χ3v) is 5.33. The largest absolute Gasteiger partial charge is 0.456 e. The van der Waals surface area contributed by atoms with Gasteiger partial charge in [0.15, 0.2) is 0 Å². The van der Waals surface area contributed by atoms with Crippen LogP contribution in [-0.2, 0) is 0 Å². The average Bonchev–Trinajstić information content (AvgIpc) is 2.80. The Kier molecular flexibility index (Phi) is 3.47. The molecule has 3 heteroatoms. The fraction of sp³-hybridized carbons (Fsp3) is 0. The summed E-state index contributed by atoms with van der Waals surface area (Å²) in [5, 5.41) is 2.37. The van der Waals surface area contributed by atoms with Gasteiger partial charge in [-0.25, -0.2) is 4.98 Å². The summed E-state index contributed by atoms with van der Waals surface area (Å²) in [4.78, 5) is 9.24. The number of aromatic nitrogens is 2. The number of nitrogens with zero attached hydrogens (tertiary/aromatic N) is 2. The van der Waals surface area contributed by atoms with Crippen LogP contribution in [0, 0.1) is 0 Å². The highest BCUT2D eigenvalue weighted by atomic mass is 16.5. The smallest absolute Gasteiger partial charge is 0.135 e. The molecule has 0 spiro atoms. The molecule has 0 amide bonds. The Labute approximate surface area is 168 Å². The zero-order valence-electron chi connectivity index (χ0n) is 15.5. The van der Waals surface area contributed by atoms with E-state index in [1.165, 1.54) is 16.3 Å². The lowest BCUT2D eigenvalue weighted by atomic mass is 9.93. The van der Waals surface area contributed by atoms with Crippen molar-refractivity contribution in [1.82, 2.24) is 9.97 Å². The number of fused-ring (bicyclic) bond motifs is 2. The standard InChI is InChI=1S/C26H16N2O/c1-2-15-27-22(9-1)23-11-5-10-21(28-23)18-13-14-19-20-8-3-6-17-7-4-12-24(26(17)20)29-25(19)16-18/h1-16H. The molecule has 0 fully saturated rings. The fourth-order valence-corrected chi connectivity index (χ4v) is 3.98. The molecule has 0 N–H and O–H groups in total. The van der Waals surface area contributed by atoms with Crippen LogP contribution in [0.5, 0.6) is 11.5 Å². The van der Waals surface area contributed by atoms with Crippen LogP contribution >= 0.6 is 0 Å². The first-order valence-corrected chi connectivity index (χ1v) is 9.60. The number of benzene rings is 3. The minimum atomic E-state index is 0.858. The van der Waals surface area contributed by atoms with Crippen LogP contribution < -0.4 is 4.74 Å². The minimum absolute atomic E-state index is 0.858. The molecule has 0 saturated heterocycles. The topological polar surface area (TPSA) is 35.0 Å². The fourth-order valence-electron chi connectivity index (χ4n) is 3.98. The summed E-state index contributed by atoms with van der Waals surface area (Å²) in [6.45, 7) is 0. The van der Waals surface area contributed by atoms with Gasteiger partial charge in [-0.1, -0.05) is 48.5 Å². The van der Waals surface area contributed by atoms with E-state index in [0.29, 0.717) is 0 Å². The summed E-state index contributed by atoms with van der Waals surface area (Å²) in [6.07, 6.45) is 1.79. The van der Waals surface area contributed by atoms with E-state index >= 15 is 0 Å². The van der Waals surface area contributed by atoms with E-state index in [1.54, 1.807) is 6.20 Å². The molecule has 2 aromatic heterocycles. The Bertz CT molecular complexity index is 1370. The maximum atomic E-state index is 6.29. The highest BCUT2D eigenvalue weighted by Crippen LogP contribution is 2.47. The molecule has 6 rings (SSSR count).